The molecule has 13 amide bonds. The molecule has 1 aromatic rings. The summed E-state index contributed by atoms with van der Waals surface area (Å²) >= 11 is 0. The third-order valence-corrected chi connectivity index (χ3v) is 20.3. The first-order chi connectivity index (χ1) is 54.3. The van der Waals surface area contributed by atoms with Crippen LogP contribution < -0.4 is 69.5 Å². The van der Waals surface area contributed by atoms with Crippen molar-refractivity contribution >= 4 is 82.8 Å². The van der Waals surface area contributed by atoms with Crippen molar-refractivity contribution in [2.45, 2.75) is 283 Å². The maximum absolute atomic E-state index is 15.0. The van der Waals surface area contributed by atoms with E-state index in [0.717, 1.165) is 31.0 Å². The molecule has 0 bridgehead atoms. The van der Waals surface area contributed by atoms with Crippen molar-refractivity contribution in [3.05, 3.63) is 47.7 Å². The summed E-state index contributed by atoms with van der Waals surface area (Å²) in [6, 6.07) is -12.1. The van der Waals surface area contributed by atoms with Crippen molar-refractivity contribution in [2.75, 3.05) is 13.1 Å². The Kier molecular flexibility index (Phi) is 37.4. The van der Waals surface area contributed by atoms with Crippen molar-refractivity contribution in [2.24, 2.45) is 47.2 Å². The lowest BCUT2D eigenvalue weighted by molar-refractivity contribution is -0.436. The Labute approximate surface area is 674 Å². The van der Waals surface area contributed by atoms with Crippen LogP contribution in [0, 0.1) is 41.4 Å². The number of carbonyl (C=O) groups is 14. The molecule has 2 aliphatic heterocycles. The van der Waals surface area contributed by atoms with Gasteiger partial charge < -0.3 is 84.3 Å². The average Bonchev–Trinajstić information content (AvgIpc) is 0.735. The summed E-state index contributed by atoms with van der Waals surface area (Å²) < 4.78 is 187. The van der Waals surface area contributed by atoms with Crippen LogP contribution in [-0.2, 0) is 78.3 Å². The van der Waals surface area contributed by atoms with Crippen LogP contribution in [0.25, 0.3) is 0 Å². The van der Waals surface area contributed by atoms with Gasteiger partial charge in [0.1, 0.15) is 84.3 Å². The van der Waals surface area contributed by atoms with Gasteiger partial charge in [0.15, 0.2) is 0 Å². The molecule has 0 radical (unpaired) electrons. The first-order valence-electron chi connectivity index (χ1n) is 38.5. The van der Waals surface area contributed by atoms with Gasteiger partial charge >= 0.3 is 41.8 Å². The van der Waals surface area contributed by atoms with E-state index in [0.29, 0.717) is 5.56 Å². The fourth-order valence-corrected chi connectivity index (χ4v) is 12.4. The second kappa shape index (κ2) is 43.0. The number of aliphatic hydroxyl groups is 1. The molecule has 0 saturated carbocycles. The van der Waals surface area contributed by atoms with Gasteiger partial charge in [-0.05, 0) is 100.0 Å². The molecular formula is C75H111F13N14O16. The number of likely N-dealkylation sites (tertiary alicyclic amines) is 1. The zero-order chi connectivity index (χ0) is 90.7. The molecule has 2 fully saturated rings. The van der Waals surface area contributed by atoms with Crippen molar-refractivity contribution in [3.63, 3.8) is 0 Å². The highest BCUT2D eigenvalue weighted by atomic mass is 19.4. The van der Waals surface area contributed by atoms with Crippen LogP contribution in [-0.4, -0.2) is 226 Å². The van der Waals surface area contributed by atoms with Crippen molar-refractivity contribution in [1.82, 2.24) is 68.7 Å². The molecule has 2 saturated heterocycles. The topological polar surface area (TPSA) is 442 Å². The predicted molar refractivity (Wildman–Crippen MR) is 397 cm³/mol. The number of aliphatic hydroxyl groups excluding tert-OH is 1. The van der Waals surface area contributed by atoms with E-state index in [2.05, 4.69) is 53.2 Å². The van der Waals surface area contributed by atoms with E-state index in [1.165, 1.54) is 47.6 Å². The van der Waals surface area contributed by atoms with Crippen LogP contribution in [0.3, 0.4) is 0 Å². The summed E-state index contributed by atoms with van der Waals surface area (Å²) in [5.41, 5.74) is 6.15. The minimum atomic E-state index is -8.37. The Morgan fingerprint density at radius 3 is 1.56 bits per heavy atom. The second-order valence-electron chi connectivity index (χ2n) is 31.2. The van der Waals surface area contributed by atoms with E-state index >= 15 is 9.59 Å². The number of halogens is 13. The summed E-state index contributed by atoms with van der Waals surface area (Å²) in [5, 5.41) is 38.8. The van der Waals surface area contributed by atoms with Gasteiger partial charge in [0.05, 0.1) is 6.10 Å². The number of hydrogen-bond donors (Lipinski definition) is 14. The quantitative estimate of drug-likeness (QED) is 0.0265. The number of carbonyl (C=O) groups excluding carboxylic acids is 14. The Balaban J connectivity index is 2.00. The van der Waals surface area contributed by atoms with Gasteiger partial charge in [-0.1, -0.05) is 146 Å². The van der Waals surface area contributed by atoms with Gasteiger partial charge in [0.2, 0.25) is 65.0 Å². The summed E-state index contributed by atoms with van der Waals surface area (Å²) in [4.78, 5) is 201. The molecule has 0 aromatic heterocycles. The van der Waals surface area contributed by atoms with Crippen LogP contribution in [0.2, 0.25) is 0 Å². The monoisotopic (exact) mass is 1710 g/mol. The lowest BCUT2D eigenvalue weighted by Crippen LogP contribution is -2.72. The molecule has 2 aliphatic rings. The Morgan fingerprint density at radius 1 is 0.576 bits per heavy atom. The van der Waals surface area contributed by atoms with Gasteiger partial charge in [-0.25, -0.2) is 4.79 Å². The zero-order valence-electron chi connectivity index (χ0n) is 68.5. The standard InChI is InChI=1S/C75H111F13N14O16/c1-18-38(14)52(64(112)100-55-41(17)118-68(116)51(37(12)13)96-56(104)43(20-3)90-58(106)45(32-42-26-22-21-23-27-42)92-60(108)47(33(4)5)93-63(111)53(39(15)19-2)98-66(55)114)97-57(105)44(28-24-30-89)91-59(107)46-29-25-31-102(46)67(115)50(36(10)11)95-61(109)48(34(6)7)94-65(113)54(40(16)103)99-62(110)49(35(8)9)101-69(117)70(76,77)71(78,79)72(80,81)73(82,83)74(84,85)75(86,87)88/h20-23,26-27,33-41,44-55,103H,18-19,24-25,28-32,89H2,1-17H3,(H,90,106)(H,91,107)(H,92,108)(H,93,111)(H,94,113)(H,95,109)(H,96,104)(H,97,105)(H,98,114)(H,99,110)(H,100,112)(H,101,117)/b43-20-/t38-,39-,40-,41+,44+,45+,46-,47-,48+,49-,50-,51+,52-,53-,54+,55-/m1/s1. The maximum Gasteiger partial charge on any atom is 0.460 e. The SMILES string of the molecule is C/C=C1\NC(=O)[C@H](Cc2ccccc2)NC(=O)[C@@H](C(C)C)NC(=O)[C@@H]([C@H](C)CC)NC(=O)[C@H](NC(=O)[C@H](NC(=O)[C@H](CCCN)NC(=O)[C@H]2CCCN2C(=O)[C@H](NC(=O)[C@@H](NC(=O)[C@@H](NC(=O)[C@H](NC(=O)C(F)(F)C(F)(F)C(F)(F)C(F)(F)C(F)(F)C(F)(F)F)C(C)C)[C@@H](C)O)C(C)C)C(C)C)[C@H](C)CC)[C@H](C)OC(=O)[C@H](C(C)C)NC1=O. The average molecular weight is 1710 g/mol. The molecule has 30 nitrogen and oxygen atoms in total. The molecule has 1 aromatic carbocycles. The Bertz CT molecular complexity index is 3740. The molecule has 16 atom stereocenters. The van der Waals surface area contributed by atoms with Crippen molar-refractivity contribution in [3.8, 4) is 0 Å². The van der Waals surface area contributed by atoms with Gasteiger partial charge in [0, 0.05) is 13.0 Å². The van der Waals surface area contributed by atoms with E-state index in [-0.39, 0.29) is 63.7 Å². The number of hydrogen-bond acceptors (Lipinski definition) is 17. The third kappa shape index (κ3) is 25.1. The van der Waals surface area contributed by atoms with Crippen LogP contribution >= 0.6 is 0 Å². The largest absolute Gasteiger partial charge is 0.460 e. The van der Waals surface area contributed by atoms with E-state index in [1.807, 2.05) is 0 Å². The first kappa shape index (κ1) is 103. The number of nitrogens with one attached hydrogen (secondary N) is 12. The minimum Gasteiger partial charge on any atom is -0.458 e. The number of rotatable bonds is 34. The molecule has 668 valence electrons. The molecule has 0 unspecified atom stereocenters. The van der Waals surface area contributed by atoms with Crippen LogP contribution in [0.5, 0.6) is 0 Å². The summed E-state index contributed by atoms with van der Waals surface area (Å²) in [6.07, 6.45) is -10.1. The van der Waals surface area contributed by atoms with Gasteiger partial charge in [-0.15, -0.1) is 0 Å². The number of alkyl halides is 13. The number of allylic oxidation sites excluding steroid dienone is 1. The molecule has 0 spiro atoms. The van der Waals surface area contributed by atoms with Gasteiger partial charge in [-0.2, -0.15) is 57.1 Å². The van der Waals surface area contributed by atoms with Crippen molar-refractivity contribution < 1.29 is 134 Å². The number of esters is 1. The van der Waals surface area contributed by atoms with Gasteiger partial charge in [0.25, 0.3) is 11.8 Å². The third-order valence-electron chi connectivity index (χ3n) is 20.3. The number of cyclic esters (lactones) is 1. The number of ether oxygens (including phenoxy) is 1. The fraction of sp³-hybridized carbons (Fsp3) is 0.707. The van der Waals surface area contributed by atoms with E-state index < -0.39 is 245 Å². The summed E-state index contributed by atoms with van der Waals surface area (Å²) in [5.74, 6) is -64.9. The molecule has 118 heavy (non-hydrogen) atoms. The number of benzene rings is 1. The first-order valence-corrected chi connectivity index (χ1v) is 38.5. The number of nitrogens with zero attached hydrogens (tertiary/aromatic N) is 1. The van der Waals surface area contributed by atoms with Crippen LogP contribution in [0.1, 0.15) is 162 Å². The number of amides is 13. The van der Waals surface area contributed by atoms with Gasteiger partial charge in [-0.3, -0.25) is 62.3 Å². The van der Waals surface area contributed by atoms with E-state index in [9.17, 15) is 120 Å². The smallest absolute Gasteiger partial charge is 0.458 e. The van der Waals surface area contributed by atoms with E-state index in [1.54, 1.807) is 91.0 Å². The Morgan fingerprint density at radius 2 is 1.07 bits per heavy atom. The summed E-state index contributed by atoms with van der Waals surface area (Å²) in [6.45, 7) is 23.3. The summed E-state index contributed by atoms with van der Waals surface area (Å²) in [7, 11) is 0. The maximum atomic E-state index is 15.0. The lowest BCUT2D eigenvalue weighted by Gasteiger charge is -2.39. The normalized spacial score (nSPS) is 22.3. The minimum absolute atomic E-state index is 0.0527. The molecule has 43 heteroatoms. The molecule has 2 heterocycles. The molecular weight excluding hydrogens is 1600 g/mol. The Hall–Kier alpha value is -9.45. The fourth-order valence-electron chi connectivity index (χ4n) is 12.4. The van der Waals surface area contributed by atoms with Crippen LogP contribution in [0.4, 0.5) is 57.1 Å². The predicted octanol–water partition coefficient (Wildman–Crippen LogP) is 3.75. The highest BCUT2D eigenvalue weighted by molar-refractivity contribution is 6.03. The van der Waals surface area contributed by atoms with Crippen LogP contribution in [0.15, 0.2) is 42.1 Å². The van der Waals surface area contributed by atoms with Crippen molar-refractivity contribution in [1.29, 1.82) is 0 Å². The molecule has 0 aliphatic carbocycles. The highest BCUT2D eigenvalue weighted by Gasteiger charge is 2.92. The van der Waals surface area contributed by atoms with E-state index in [4.69, 9.17) is 10.5 Å². The lowest BCUT2D eigenvalue weighted by atomic mass is 9.93. The highest BCUT2D eigenvalue weighted by Crippen LogP contribution is 2.60. The molecule has 3 rings (SSSR count). The molecule has 15 N–H and O–H groups in total. The second-order valence-corrected chi connectivity index (χ2v) is 31.2. The number of nitrogens with two attached hydrogens (primary N) is 1. The zero-order valence-corrected chi connectivity index (χ0v) is 68.5.